The van der Waals surface area contributed by atoms with Crippen LogP contribution < -0.4 is 5.73 Å². The van der Waals surface area contributed by atoms with Crippen LogP contribution in [0.5, 0.6) is 0 Å². The molecule has 1 rings (SSSR count). The second-order valence-corrected chi connectivity index (χ2v) is 5.07. The van der Waals surface area contributed by atoms with Crippen molar-refractivity contribution in [3.05, 3.63) is 34.6 Å². The molecule has 19 heavy (non-hydrogen) atoms. The molecule has 0 aliphatic carbocycles. The highest BCUT2D eigenvalue weighted by molar-refractivity contribution is 6.31. The third-order valence-corrected chi connectivity index (χ3v) is 3.61. The number of carbonyl (C=O) groups excluding carboxylic acids is 1. The van der Waals surface area contributed by atoms with E-state index in [2.05, 4.69) is 0 Å². The van der Waals surface area contributed by atoms with Crippen LogP contribution >= 0.6 is 11.6 Å². The summed E-state index contributed by atoms with van der Waals surface area (Å²) in [5.41, 5.74) is 5.93. The lowest BCUT2D eigenvalue weighted by atomic mass is 10.0. The lowest BCUT2D eigenvalue weighted by Crippen LogP contribution is -2.30. The third kappa shape index (κ3) is 4.48. The highest BCUT2D eigenvalue weighted by Crippen LogP contribution is 2.21. The van der Waals surface area contributed by atoms with Gasteiger partial charge in [-0.2, -0.15) is 0 Å². The summed E-state index contributed by atoms with van der Waals surface area (Å²) < 4.78 is 13.6. The maximum Gasteiger partial charge on any atom is 0.222 e. The van der Waals surface area contributed by atoms with Crippen LogP contribution in [-0.2, 0) is 11.3 Å². The SMILES string of the molecule is CCC(CN)CC(=O)N(C)Cc1c(F)cccc1Cl. The van der Waals surface area contributed by atoms with Crippen molar-refractivity contribution in [2.75, 3.05) is 13.6 Å². The van der Waals surface area contributed by atoms with Crippen molar-refractivity contribution in [1.82, 2.24) is 4.90 Å². The van der Waals surface area contributed by atoms with Crippen LogP contribution in [0.15, 0.2) is 18.2 Å². The van der Waals surface area contributed by atoms with Gasteiger partial charge >= 0.3 is 0 Å². The molecule has 0 radical (unpaired) electrons. The second-order valence-electron chi connectivity index (χ2n) is 4.66. The molecule has 5 heteroatoms. The number of nitrogens with two attached hydrogens (primary N) is 1. The molecule has 0 aromatic heterocycles. The average Bonchev–Trinajstić information content (AvgIpc) is 2.39. The van der Waals surface area contributed by atoms with Gasteiger partial charge in [0.05, 0.1) is 0 Å². The maximum atomic E-state index is 13.6. The molecule has 0 fully saturated rings. The van der Waals surface area contributed by atoms with Crippen LogP contribution in [-0.4, -0.2) is 24.4 Å². The molecule has 0 saturated carbocycles. The number of hydrogen-bond acceptors (Lipinski definition) is 2. The summed E-state index contributed by atoms with van der Waals surface area (Å²) in [6, 6.07) is 4.51. The minimum Gasteiger partial charge on any atom is -0.341 e. The number of amides is 1. The van der Waals surface area contributed by atoms with Crippen LogP contribution in [0.25, 0.3) is 0 Å². The summed E-state index contributed by atoms with van der Waals surface area (Å²) in [7, 11) is 1.65. The molecular weight excluding hydrogens is 267 g/mol. The van der Waals surface area contributed by atoms with Gasteiger partial charge in [-0.05, 0) is 24.6 Å². The second kappa shape index (κ2) is 7.46. The Morgan fingerprint density at radius 1 is 1.53 bits per heavy atom. The Morgan fingerprint density at radius 2 is 2.21 bits per heavy atom. The van der Waals surface area contributed by atoms with Crippen molar-refractivity contribution in [3.8, 4) is 0 Å². The first-order chi connectivity index (χ1) is 8.99. The molecule has 0 heterocycles. The largest absolute Gasteiger partial charge is 0.341 e. The zero-order valence-electron chi connectivity index (χ0n) is 11.3. The van der Waals surface area contributed by atoms with Crippen molar-refractivity contribution >= 4 is 17.5 Å². The quantitative estimate of drug-likeness (QED) is 0.874. The normalized spacial score (nSPS) is 12.3. The fraction of sp³-hybridized carbons (Fsp3) is 0.500. The maximum absolute atomic E-state index is 13.6. The van der Waals surface area contributed by atoms with Gasteiger partial charge in [0.25, 0.3) is 0 Å². The van der Waals surface area contributed by atoms with Crippen LogP contribution in [0.2, 0.25) is 5.02 Å². The van der Waals surface area contributed by atoms with Crippen molar-refractivity contribution < 1.29 is 9.18 Å². The molecule has 1 unspecified atom stereocenters. The molecule has 1 aromatic rings. The zero-order chi connectivity index (χ0) is 14.4. The zero-order valence-corrected chi connectivity index (χ0v) is 12.1. The number of hydrogen-bond donors (Lipinski definition) is 1. The van der Waals surface area contributed by atoms with Gasteiger partial charge < -0.3 is 10.6 Å². The van der Waals surface area contributed by atoms with Gasteiger partial charge in [0.1, 0.15) is 5.82 Å². The fourth-order valence-corrected chi connectivity index (χ4v) is 2.03. The lowest BCUT2D eigenvalue weighted by Gasteiger charge is -2.21. The van der Waals surface area contributed by atoms with Gasteiger partial charge in [0.15, 0.2) is 0 Å². The first-order valence-electron chi connectivity index (χ1n) is 6.36. The molecule has 0 bridgehead atoms. The Kier molecular flexibility index (Phi) is 6.25. The van der Waals surface area contributed by atoms with Gasteiger partial charge in [0.2, 0.25) is 5.91 Å². The molecule has 1 aromatic carbocycles. The number of nitrogens with zero attached hydrogens (tertiary/aromatic N) is 1. The number of halogens is 2. The summed E-state index contributed by atoms with van der Waals surface area (Å²) in [6.45, 7) is 2.65. The van der Waals surface area contributed by atoms with Gasteiger partial charge in [-0.1, -0.05) is 31.0 Å². The Labute approximate surface area is 118 Å². The summed E-state index contributed by atoms with van der Waals surface area (Å²) in [5.74, 6) is -0.263. The van der Waals surface area contributed by atoms with Crippen LogP contribution in [0.4, 0.5) is 4.39 Å². The summed E-state index contributed by atoms with van der Waals surface area (Å²) in [5, 5.41) is 0.338. The van der Waals surface area contributed by atoms with Crippen LogP contribution in [0.1, 0.15) is 25.3 Å². The first-order valence-corrected chi connectivity index (χ1v) is 6.74. The first kappa shape index (κ1) is 15.9. The van der Waals surface area contributed by atoms with Crippen LogP contribution in [0, 0.1) is 11.7 Å². The number of benzene rings is 1. The van der Waals surface area contributed by atoms with E-state index in [-0.39, 0.29) is 18.4 Å². The lowest BCUT2D eigenvalue weighted by molar-refractivity contribution is -0.131. The molecule has 0 aliphatic rings. The Bertz CT molecular complexity index is 415. The smallest absolute Gasteiger partial charge is 0.222 e. The Hall–Kier alpha value is -1.13. The highest BCUT2D eigenvalue weighted by atomic mass is 35.5. The molecule has 0 saturated heterocycles. The molecular formula is C14H20ClFN2O. The topological polar surface area (TPSA) is 46.3 Å². The van der Waals surface area contributed by atoms with E-state index in [0.717, 1.165) is 6.42 Å². The summed E-state index contributed by atoms with van der Waals surface area (Å²) in [6.07, 6.45) is 1.24. The molecule has 1 atom stereocenters. The monoisotopic (exact) mass is 286 g/mol. The predicted molar refractivity (Wildman–Crippen MR) is 75.3 cm³/mol. The van der Waals surface area contributed by atoms with E-state index >= 15 is 0 Å². The van der Waals surface area contributed by atoms with Gasteiger partial charge in [-0.3, -0.25) is 4.79 Å². The number of carbonyl (C=O) groups is 1. The van der Waals surface area contributed by atoms with Gasteiger partial charge in [0, 0.05) is 30.6 Å². The minimum atomic E-state index is -0.391. The molecule has 0 spiro atoms. The standard InChI is InChI=1S/C14H20ClFN2O/c1-3-10(8-17)7-14(19)18(2)9-11-12(15)5-4-6-13(11)16/h4-6,10H,3,7-9,17H2,1-2H3. The minimum absolute atomic E-state index is 0.0448. The molecule has 106 valence electrons. The summed E-state index contributed by atoms with van der Waals surface area (Å²) in [4.78, 5) is 13.5. The van der Waals surface area contributed by atoms with Crippen LogP contribution in [0.3, 0.4) is 0 Å². The van der Waals surface area contributed by atoms with E-state index in [1.165, 1.54) is 11.0 Å². The van der Waals surface area contributed by atoms with E-state index in [1.807, 2.05) is 6.92 Å². The van der Waals surface area contributed by atoms with Crippen molar-refractivity contribution in [1.29, 1.82) is 0 Å². The predicted octanol–water partition coefficient (Wildman–Crippen LogP) is 2.81. The fourth-order valence-electron chi connectivity index (χ4n) is 1.81. The third-order valence-electron chi connectivity index (χ3n) is 3.26. The average molecular weight is 287 g/mol. The van der Waals surface area contributed by atoms with Crippen molar-refractivity contribution in [3.63, 3.8) is 0 Å². The van der Waals surface area contributed by atoms with E-state index in [0.29, 0.717) is 23.6 Å². The van der Waals surface area contributed by atoms with E-state index in [9.17, 15) is 9.18 Å². The van der Waals surface area contributed by atoms with Gasteiger partial charge in [-0.25, -0.2) is 4.39 Å². The molecule has 3 nitrogen and oxygen atoms in total. The Morgan fingerprint density at radius 3 is 2.74 bits per heavy atom. The van der Waals surface area contributed by atoms with E-state index in [1.54, 1.807) is 19.2 Å². The molecule has 0 aliphatic heterocycles. The summed E-state index contributed by atoms with van der Waals surface area (Å²) >= 11 is 5.94. The van der Waals surface area contributed by atoms with E-state index < -0.39 is 5.82 Å². The molecule has 2 N–H and O–H groups in total. The highest BCUT2D eigenvalue weighted by Gasteiger charge is 2.17. The Balaban J connectivity index is 2.69. The van der Waals surface area contributed by atoms with Crippen molar-refractivity contribution in [2.45, 2.75) is 26.3 Å². The van der Waals surface area contributed by atoms with Gasteiger partial charge in [-0.15, -0.1) is 0 Å². The molecule has 1 amide bonds. The van der Waals surface area contributed by atoms with Crippen molar-refractivity contribution in [2.24, 2.45) is 11.7 Å². The van der Waals surface area contributed by atoms with E-state index in [4.69, 9.17) is 17.3 Å². The number of rotatable bonds is 6.